The number of ether oxygens (including phenoxy) is 1. The maximum Gasteiger partial charge on any atom is 0.307 e. The molecular formula is C12H14O3. The number of carbonyl (C=O) groups excluding carboxylic acids is 1. The van der Waals surface area contributed by atoms with Gasteiger partial charge in [0.25, 0.3) is 0 Å². The van der Waals surface area contributed by atoms with Gasteiger partial charge in [-0.3, -0.25) is 4.79 Å². The molecule has 1 N–H and O–H groups in total. The van der Waals surface area contributed by atoms with E-state index in [1.54, 1.807) is 6.08 Å². The molecule has 1 rings (SSSR count). The minimum atomic E-state index is -0.557. The standard InChI is InChI=1S/C12H14O3/c1-10(13)15-9-5-8-12(14)11-6-3-2-4-7-11/h2-7,9,12,14H,8H2,1H3/b9-5-. The summed E-state index contributed by atoms with van der Waals surface area (Å²) in [6.45, 7) is 1.33. The molecule has 0 spiro atoms. The smallest absolute Gasteiger partial charge is 0.307 e. The van der Waals surface area contributed by atoms with E-state index in [4.69, 9.17) is 0 Å². The second-order valence-electron chi connectivity index (χ2n) is 3.14. The summed E-state index contributed by atoms with van der Waals surface area (Å²) in [4.78, 5) is 10.4. The van der Waals surface area contributed by atoms with Crippen molar-refractivity contribution in [3.63, 3.8) is 0 Å². The SMILES string of the molecule is CC(=O)O/C=C\CC(O)c1ccccc1. The van der Waals surface area contributed by atoms with Gasteiger partial charge in [0.05, 0.1) is 12.4 Å². The van der Waals surface area contributed by atoms with Crippen molar-refractivity contribution < 1.29 is 14.6 Å². The van der Waals surface area contributed by atoms with E-state index in [0.29, 0.717) is 6.42 Å². The molecule has 1 unspecified atom stereocenters. The second-order valence-corrected chi connectivity index (χ2v) is 3.14. The number of hydrogen-bond donors (Lipinski definition) is 1. The van der Waals surface area contributed by atoms with Crippen molar-refractivity contribution in [3.8, 4) is 0 Å². The summed E-state index contributed by atoms with van der Waals surface area (Å²) < 4.78 is 4.60. The quantitative estimate of drug-likeness (QED) is 0.606. The first-order valence-corrected chi connectivity index (χ1v) is 4.75. The maximum absolute atomic E-state index is 10.4. The zero-order chi connectivity index (χ0) is 11.1. The fourth-order valence-electron chi connectivity index (χ4n) is 1.14. The lowest BCUT2D eigenvalue weighted by atomic mass is 10.1. The molecule has 0 amide bonds. The lowest BCUT2D eigenvalue weighted by Gasteiger charge is -2.07. The van der Waals surface area contributed by atoms with E-state index in [0.717, 1.165) is 5.56 Å². The number of rotatable bonds is 4. The highest BCUT2D eigenvalue weighted by Gasteiger charge is 2.03. The predicted molar refractivity (Wildman–Crippen MR) is 56.9 cm³/mol. The third kappa shape index (κ3) is 4.42. The molecule has 0 aliphatic carbocycles. The van der Waals surface area contributed by atoms with E-state index in [2.05, 4.69) is 4.74 Å². The molecule has 3 nitrogen and oxygen atoms in total. The molecule has 0 saturated carbocycles. The van der Waals surface area contributed by atoms with Crippen LogP contribution in [0.1, 0.15) is 25.0 Å². The van der Waals surface area contributed by atoms with Crippen LogP contribution in [0, 0.1) is 0 Å². The monoisotopic (exact) mass is 206 g/mol. The van der Waals surface area contributed by atoms with E-state index < -0.39 is 6.10 Å². The third-order valence-electron chi connectivity index (χ3n) is 1.87. The van der Waals surface area contributed by atoms with Crippen molar-refractivity contribution in [3.05, 3.63) is 48.2 Å². The first-order valence-electron chi connectivity index (χ1n) is 4.75. The fraction of sp³-hybridized carbons (Fsp3) is 0.250. The number of carbonyl (C=O) groups is 1. The summed E-state index contributed by atoms with van der Waals surface area (Å²) in [6.07, 6.45) is 2.79. The van der Waals surface area contributed by atoms with Crippen molar-refractivity contribution in [1.29, 1.82) is 0 Å². The number of hydrogen-bond acceptors (Lipinski definition) is 3. The summed E-state index contributed by atoms with van der Waals surface area (Å²) in [5, 5.41) is 9.69. The molecule has 0 saturated heterocycles. The first-order chi connectivity index (χ1) is 7.20. The number of benzene rings is 1. The van der Waals surface area contributed by atoms with Crippen LogP contribution in [0.15, 0.2) is 42.7 Å². The largest absolute Gasteiger partial charge is 0.435 e. The number of esters is 1. The average Bonchev–Trinajstić information content (AvgIpc) is 2.25. The minimum absolute atomic E-state index is 0.361. The van der Waals surface area contributed by atoms with Crippen LogP contribution in [-0.4, -0.2) is 11.1 Å². The summed E-state index contributed by atoms with van der Waals surface area (Å²) in [5.41, 5.74) is 0.852. The van der Waals surface area contributed by atoms with Crippen molar-refractivity contribution in [1.82, 2.24) is 0 Å². The molecule has 0 bridgehead atoms. The van der Waals surface area contributed by atoms with Crippen LogP contribution >= 0.6 is 0 Å². The highest BCUT2D eigenvalue weighted by Crippen LogP contribution is 2.15. The van der Waals surface area contributed by atoms with Gasteiger partial charge in [-0.05, 0) is 18.1 Å². The van der Waals surface area contributed by atoms with Crippen LogP contribution in [0.3, 0.4) is 0 Å². The van der Waals surface area contributed by atoms with Crippen LogP contribution in [0.4, 0.5) is 0 Å². The van der Waals surface area contributed by atoms with Gasteiger partial charge in [-0.15, -0.1) is 0 Å². The predicted octanol–water partition coefficient (Wildman–Crippen LogP) is 2.19. The van der Waals surface area contributed by atoms with Gasteiger partial charge in [0.1, 0.15) is 0 Å². The van der Waals surface area contributed by atoms with Crippen LogP contribution < -0.4 is 0 Å². The number of aliphatic hydroxyl groups is 1. The Morgan fingerprint density at radius 3 is 2.73 bits per heavy atom. The lowest BCUT2D eigenvalue weighted by Crippen LogP contribution is -1.95. The van der Waals surface area contributed by atoms with Crippen molar-refractivity contribution >= 4 is 5.97 Å². The first kappa shape index (κ1) is 11.5. The Kier molecular flexibility index (Phi) is 4.57. The average molecular weight is 206 g/mol. The van der Waals surface area contributed by atoms with Crippen LogP contribution in [0.25, 0.3) is 0 Å². The van der Waals surface area contributed by atoms with Gasteiger partial charge in [0, 0.05) is 6.92 Å². The zero-order valence-corrected chi connectivity index (χ0v) is 8.59. The van der Waals surface area contributed by atoms with Gasteiger partial charge >= 0.3 is 5.97 Å². The summed E-state index contributed by atoms with van der Waals surface area (Å²) in [6, 6.07) is 9.34. The maximum atomic E-state index is 10.4. The molecule has 0 aromatic heterocycles. The van der Waals surface area contributed by atoms with Crippen molar-refractivity contribution in [2.75, 3.05) is 0 Å². The molecule has 0 heterocycles. The molecule has 3 heteroatoms. The number of aliphatic hydroxyl groups excluding tert-OH is 1. The highest BCUT2D eigenvalue weighted by atomic mass is 16.5. The van der Waals surface area contributed by atoms with E-state index in [9.17, 15) is 9.90 Å². The lowest BCUT2D eigenvalue weighted by molar-refractivity contribution is -0.135. The van der Waals surface area contributed by atoms with Gasteiger partial charge in [-0.25, -0.2) is 0 Å². The van der Waals surface area contributed by atoms with Gasteiger partial charge in [0.15, 0.2) is 0 Å². The molecule has 15 heavy (non-hydrogen) atoms. The molecule has 0 aliphatic heterocycles. The summed E-state index contributed by atoms with van der Waals surface area (Å²) in [7, 11) is 0. The van der Waals surface area contributed by atoms with E-state index in [-0.39, 0.29) is 5.97 Å². The Bertz CT molecular complexity index is 330. The van der Waals surface area contributed by atoms with Crippen molar-refractivity contribution in [2.24, 2.45) is 0 Å². The van der Waals surface area contributed by atoms with Gasteiger partial charge in [0.2, 0.25) is 0 Å². The van der Waals surface area contributed by atoms with Gasteiger partial charge < -0.3 is 9.84 Å². The third-order valence-corrected chi connectivity index (χ3v) is 1.87. The van der Waals surface area contributed by atoms with Gasteiger partial charge in [-0.1, -0.05) is 30.3 Å². The minimum Gasteiger partial charge on any atom is -0.435 e. The Hall–Kier alpha value is -1.61. The molecule has 0 radical (unpaired) electrons. The highest BCUT2D eigenvalue weighted by molar-refractivity contribution is 5.66. The van der Waals surface area contributed by atoms with Crippen LogP contribution in [-0.2, 0) is 9.53 Å². The Morgan fingerprint density at radius 2 is 2.13 bits per heavy atom. The molecular weight excluding hydrogens is 192 g/mol. The summed E-state index contributed by atoms with van der Waals surface area (Å²) in [5.74, 6) is -0.361. The zero-order valence-electron chi connectivity index (χ0n) is 8.59. The van der Waals surface area contributed by atoms with Crippen LogP contribution in [0.2, 0.25) is 0 Å². The molecule has 80 valence electrons. The van der Waals surface area contributed by atoms with Gasteiger partial charge in [-0.2, -0.15) is 0 Å². The molecule has 0 fully saturated rings. The summed E-state index contributed by atoms with van der Waals surface area (Å²) >= 11 is 0. The topological polar surface area (TPSA) is 46.5 Å². The van der Waals surface area contributed by atoms with Crippen molar-refractivity contribution in [2.45, 2.75) is 19.4 Å². The molecule has 1 aromatic carbocycles. The Balaban J connectivity index is 2.40. The molecule has 1 aromatic rings. The van der Waals surface area contributed by atoms with E-state index in [1.807, 2.05) is 30.3 Å². The molecule has 1 atom stereocenters. The molecule has 0 aliphatic rings. The van der Waals surface area contributed by atoms with E-state index >= 15 is 0 Å². The Labute approximate surface area is 89.0 Å². The van der Waals surface area contributed by atoms with E-state index in [1.165, 1.54) is 13.2 Å². The second kappa shape index (κ2) is 5.98. The fourth-order valence-corrected chi connectivity index (χ4v) is 1.14. The van der Waals surface area contributed by atoms with Crippen LogP contribution in [0.5, 0.6) is 0 Å². The Morgan fingerprint density at radius 1 is 1.47 bits per heavy atom. The normalized spacial score (nSPS) is 12.7.